The molecule has 0 N–H and O–H groups in total. The van der Waals surface area contributed by atoms with E-state index in [2.05, 4.69) is 61.5 Å². The van der Waals surface area contributed by atoms with Gasteiger partial charge in [-0.25, -0.2) is 0 Å². The molecule has 4 rings (SSSR count). The molecule has 0 atom stereocenters. The van der Waals surface area contributed by atoms with Crippen molar-refractivity contribution in [3.63, 3.8) is 0 Å². The highest BCUT2D eigenvalue weighted by atomic mass is 14.1. The molecule has 4 aromatic rings. The van der Waals surface area contributed by atoms with E-state index in [0.29, 0.717) is 0 Å². The number of hydrogen-bond acceptors (Lipinski definition) is 0. The molecule has 0 aliphatic carbocycles. The van der Waals surface area contributed by atoms with E-state index in [-0.39, 0.29) is 0 Å². The van der Waals surface area contributed by atoms with E-state index < -0.39 is 0 Å². The van der Waals surface area contributed by atoms with Crippen LogP contribution in [0.4, 0.5) is 0 Å². The molecule has 0 heteroatoms. The predicted octanol–water partition coefficient (Wildman–Crippen LogP) is 5.73. The van der Waals surface area contributed by atoms with Crippen LogP contribution in [-0.2, 0) is 6.42 Å². The minimum Gasteiger partial charge on any atom is -0.0654 e. The van der Waals surface area contributed by atoms with Gasteiger partial charge in [-0.2, -0.15) is 0 Å². The third-order valence-corrected chi connectivity index (χ3v) is 4.23. The van der Waals surface area contributed by atoms with Gasteiger partial charge in [-0.15, -0.1) is 0 Å². The topological polar surface area (TPSA) is 0 Å². The molecule has 0 fully saturated rings. The second kappa shape index (κ2) is 4.49. The van der Waals surface area contributed by atoms with E-state index in [9.17, 15) is 0 Å². The standard InChI is InChI=1S/C20H17/c1-2-3-5-14-12-17-10-8-15-6-4-7-16-9-11-18(13-14)20(17)19(15)16/h4,6-12H,2-3,5H2,1H3. The Morgan fingerprint density at radius 2 is 1.60 bits per heavy atom. The summed E-state index contributed by atoms with van der Waals surface area (Å²) in [5, 5.41) is 8.04. The summed E-state index contributed by atoms with van der Waals surface area (Å²) in [5.41, 5.74) is 1.35. The highest BCUT2D eigenvalue weighted by Gasteiger charge is 2.08. The van der Waals surface area contributed by atoms with Gasteiger partial charge in [0.2, 0.25) is 0 Å². The van der Waals surface area contributed by atoms with Crippen molar-refractivity contribution in [2.75, 3.05) is 0 Å². The lowest BCUT2D eigenvalue weighted by atomic mass is 9.92. The Kier molecular flexibility index (Phi) is 2.63. The van der Waals surface area contributed by atoms with Gasteiger partial charge in [-0.3, -0.25) is 0 Å². The average Bonchev–Trinajstić information content (AvgIpc) is 2.50. The molecule has 0 amide bonds. The lowest BCUT2D eigenvalue weighted by Gasteiger charge is -2.12. The van der Waals surface area contributed by atoms with E-state index in [0.717, 1.165) is 6.42 Å². The molecule has 1 radical (unpaired) electrons. The first kappa shape index (κ1) is 11.7. The Morgan fingerprint density at radius 3 is 2.40 bits per heavy atom. The first-order valence-electron chi connectivity index (χ1n) is 7.45. The summed E-state index contributed by atoms with van der Waals surface area (Å²) in [7, 11) is 0. The molecule has 0 saturated heterocycles. The Balaban J connectivity index is 2.08. The predicted molar refractivity (Wildman–Crippen MR) is 87.6 cm³/mol. The van der Waals surface area contributed by atoms with Gasteiger partial charge in [0.25, 0.3) is 0 Å². The minimum atomic E-state index is 1.13. The van der Waals surface area contributed by atoms with Gasteiger partial charge in [0, 0.05) is 0 Å². The molecule has 0 heterocycles. The zero-order valence-corrected chi connectivity index (χ0v) is 11.7. The maximum absolute atomic E-state index is 3.62. The van der Waals surface area contributed by atoms with Crippen molar-refractivity contribution in [3.8, 4) is 0 Å². The maximum atomic E-state index is 3.62. The van der Waals surface area contributed by atoms with Crippen molar-refractivity contribution < 1.29 is 0 Å². The number of aryl methyl sites for hydroxylation is 1. The fourth-order valence-electron chi connectivity index (χ4n) is 3.23. The largest absolute Gasteiger partial charge is 0.0654 e. The molecule has 0 aliphatic heterocycles. The summed E-state index contributed by atoms with van der Waals surface area (Å²) in [4.78, 5) is 0. The Bertz CT molecular complexity index is 822. The summed E-state index contributed by atoms with van der Waals surface area (Å²) < 4.78 is 0. The van der Waals surface area contributed by atoms with Crippen molar-refractivity contribution in [1.29, 1.82) is 0 Å². The SMILES string of the molecule is CCCCc1[c]c2ccc3cccc4ccc(c1)c2c34. The van der Waals surface area contributed by atoms with Gasteiger partial charge >= 0.3 is 0 Å². The molecule has 0 bridgehead atoms. The third-order valence-electron chi connectivity index (χ3n) is 4.23. The Labute approximate surface area is 119 Å². The second-order valence-corrected chi connectivity index (χ2v) is 5.62. The van der Waals surface area contributed by atoms with E-state index in [1.165, 1.54) is 50.7 Å². The molecule has 0 aromatic heterocycles. The molecule has 4 aromatic carbocycles. The molecular formula is C20H17. The summed E-state index contributed by atoms with van der Waals surface area (Å²) >= 11 is 0. The van der Waals surface area contributed by atoms with Crippen LogP contribution in [0.2, 0.25) is 0 Å². The van der Waals surface area contributed by atoms with E-state index >= 15 is 0 Å². The summed E-state index contributed by atoms with van der Waals surface area (Å²) in [5.74, 6) is 0. The quantitative estimate of drug-likeness (QED) is 0.411. The van der Waals surface area contributed by atoms with Gasteiger partial charge in [-0.1, -0.05) is 61.9 Å². The molecular weight excluding hydrogens is 240 g/mol. The normalized spacial score (nSPS) is 11.8. The van der Waals surface area contributed by atoms with Crippen LogP contribution in [0.5, 0.6) is 0 Å². The number of unbranched alkanes of at least 4 members (excludes halogenated alkanes) is 1. The Morgan fingerprint density at radius 1 is 0.850 bits per heavy atom. The van der Waals surface area contributed by atoms with Gasteiger partial charge in [0.1, 0.15) is 0 Å². The number of benzene rings is 4. The number of hydrogen-bond donors (Lipinski definition) is 0. The molecule has 20 heavy (non-hydrogen) atoms. The van der Waals surface area contributed by atoms with Crippen LogP contribution >= 0.6 is 0 Å². The zero-order valence-electron chi connectivity index (χ0n) is 11.7. The maximum Gasteiger partial charge on any atom is -0.00204 e. The zero-order chi connectivity index (χ0) is 13.5. The van der Waals surface area contributed by atoms with Crippen LogP contribution in [-0.4, -0.2) is 0 Å². The van der Waals surface area contributed by atoms with E-state index in [4.69, 9.17) is 0 Å². The van der Waals surface area contributed by atoms with E-state index in [1.807, 2.05) is 0 Å². The van der Waals surface area contributed by atoms with Crippen molar-refractivity contribution in [2.45, 2.75) is 26.2 Å². The van der Waals surface area contributed by atoms with Crippen molar-refractivity contribution in [1.82, 2.24) is 0 Å². The molecule has 97 valence electrons. The monoisotopic (exact) mass is 257 g/mol. The summed E-state index contributed by atoms with van der Waals surface area (Å²) in [6.07, 6.45) is 3.61. The van der Waals surface area contributed by atoms with Gasteiger partial charge < -0.3 is 0 Å². The summed E-state index contributed by atoms with van der Waals surface area (Å²) in [6.45, 7) is 2.24. The van der Waals surface area contributed by atoms with Crippen LogP contribution < -0.4 is 0 Å². The first-order valence-corrected chi connectivity index (χ1v) is 7.45. The molecule has 0 unspecified atom stereocenters. The third kappa shape index (κ3) is 1.68. The lowest BCUT2D eigenvalue weighted by molar-refractivity contribution is 0.796. The number of rotatable bonds is 3. The van der Waals surface area contributed by atoms with Gasteiger partial charge in [0.15, 0.2) is 0 Å². The van der Waals surface area contributed by atoms with Crippen molar-refractivity contribution in [3.05, 3.63) is 60.2 Å². The van der Waals surface area contributed by atoms with E-state index in [1.54, 1.807) is 0 Å². The summed E-state index contributed by atoms with van der Waals surface area (Å²) in [6, 6.07) is 21.4. The van der Waals surface area contributed by atoms with Crippen LogP contribution in [0.15, 0.2) is 48.5 Å². The molecule has 0 nitrogen and oxygen atoms in total. The fraction of sp³-hybridized carbons (Fsp3) is 0.200. The average molecular weight is 257 g/mol. The van der Waals surface area contributed by atoms with Crippen LogP contribution in [0, 0.1) is 6.07 Å². The van der Waals surface area contributed by atoms with Crippen LogP contribution in [0.25, 0.3) is 32.3 Å². The van der Waals surface area contributed by atoms with Crippen LogP contribution in [0.3, 0.4) is 0 Å². The van der Waals surface area contributed by atoms with Gasteiger partial charge in [-0.05, 0) is 56.8 Å². The van der Waals surface area contributed by atoms with Crippen LogP contribution in [0.1, 0.15) is 25.3 Å². The second-order valence-electron chi connectivity index (χ2n) is 5.62. The molecule has 0 aliphatic rings. The van der Waals surface area contributed by atoms with Crippen molar-refractivity contribution in [2.24, 2.45) is 0 Å². The molecule has 0 saturated carbocycles. The van der Waals surface area contributed by atoms with Crippen molar-refractivity contribution >= 4 is 32.3 Å². The first-order chi connectivity index (χ1) is 9.86. The Hall–Kier alpha value is -2.08. The smallest absolute Gasteiger partial charge is 0.00204 e. The highest BCUT2D eigenvalue weighted by molar-refractivity contribution is 6.22. The fourth-order valence-corrected chi connectivity index (χ4v) is 3.23. The lowest BCUT2D eigenvalue weighted by Crippen LogP contribution is -1.89. The highest BCUT2D eigenvalue weighted by Crippen LogP contribution is 2.34. The van der Waals surface area contributed by atoms with Gasteiger partial charge in [0.05, 0.1) is 0 Å². The minimum absolute atomic E-state index is 1.13. The molecule has 0 spiro atoms.